The second kappa shape index (κ2) is 4.65. The Balaban J connectivity index is 2.68. The van der Waals surface area contributed by atoms with E-state index in [0.29, 0.717) is 0 Å². The van der Waals surface area contributed by atoms with Crippen LogP contribution >= 0.6 is 0 Å². The fourth-order valence-electron chi connectivity index (χ4n) is 2.22. The predicted octanol–water partition coefficient (Wildman–Crippen LogP) is 3.47. The molecule has 0 saturated heterocycles. The highest BCUT2D eigenvalue weighted by Gasteiger charge is 2.16. The number of nitrogens with zero attached hydrogens (tertiary/aromatic N) is 1. The van der Waals surface area contributed by atoms with Gasteiger partial charge < -0.3 is 5.11 Å². The van der Waals surface area contributed by atoms with Crippen molar-refractivity contribution in [2.24, 2.45) is 0 Å². The number of hydrogen-bond acceptors (Lipinski definition) is 2. The first kappa shape index (κ1) is 13.5. The van der Waals surface area contributed by atoms with Gasteiger partial charge in [-0.1, -0.05) is 26.8 Å². The predicted molar refractivity (Wildman–Crippen MR) is 76.5 cm³/mol. The molecule has 0 saturated carbocycles. The quantitative estimate of drug-likeness (QED) is 0.896. The molecule has 100 valence electrons. The van der Waals surface area contributed by atoms with Gasteiger partial charge in [0.1, 0.15) is 0 Å². The molecule has 0 aliphatic carbocycles. The van der Waals surface area contributed by atoms with E-state index in [1.165, 1.54) is 5.56 Å². The summed E-state index contributed by atoms with van der Waals surface area (Å²) in [6.45, 7) is 8.33. The highest BCUT2D eigenvalue weighted by molar-refractivity contribution is 5.87. The number of carboxylic acid groups (broad SMARTS) is 1. The molecule has 1 N–H and O–H groups in total. The molecule has 2 rings (SSSR count). The van der Waals surface area contributed by atoms with Crippen molar-refractivity contribution in [3.05, 3.63) is 41.1 Å². The van der Waals surface area contributed by atoms with E-state index in [-0.39, 0.29) is 11.8 Å². The van der Waals surface area contributed by atoms with Gasteiger partial charge in [0.25, 0.3) is 0 Å². The van der Waals surface area contributed by atoms with E-state index in [1.807, 2.05) is 19.1 Å². The maximum absolute atomic E-state index is 11.0. The third kappa shape index (κ3) is 2.92. The molecule has 0 fully saturated rings. The summed E-state index contributed by atoms with van der Waals surface area (Å²) < 4.78 is 0. The van der Waals surface area contributed by atoms with Crippen molar-refractivity contribution in [2.45, 2.75) is 39.5 Å². The van der Waals surface area contributed by atoms with Crippen molar-refractivity contribution in [2.75, 3.05) is 0 Å². The summed E-state index contributed by atoms with van der Waals surface area (Å²) in [4.78, 5) is 15.5. The molecule has 0 atom stereocenters. The second-order valence-corrected chi connectivity index (χ2v) is 5.98. The lowest BCUT2D eigenvalue weighted by Crippen LogP contribution is -2.11. The van der Waals surface area contributed by atoms with Crippen molar-refractivity contribution >= 4 is 16.9 Å². The smallest absolute Gasteiger partial charge is 0.307 e. The van der Waals surface area contributed by atoms with Gasteiger partial charge in [-0.05, 0) is 41.7 Å². The molecule has 1 aromatic carbocycles. The van der Waals surface area contributed by atoms with E-state index in [1.54, 1.807) is 0 Å². The Hall–Kier alpha value is -1.90. The normalized spacial score (nSPS) is 11.8. The Morgan fingerprint density at radius 1 is 1.26 bits per heavy atom. The first-order valence-corrected chi connectivity index (χ1v) is 6.40. The molecule has 0 spiro atoms. The first-order valence-electron chi connectivity index (χ1n) is 6.40. The summed E-state index contributed by atoms with van der Waals surface area (Å²) in [5.41, 5.74) is 3.79. The minimum atomic E-state index is -0.812. The number of rotatable bonds is 2. The van der Waals surface area contributed by atoms with Crippen LogP contribution in [-0.4, -0.2) is 16.1 Å². The Kier molecular flexibility index (Phi) is 3.31. The van der Waals surface area contributed by atoms with Crippen molar-refractivity contribution in [3.8, 4) is 0 Å². The van der Waals surface area contributed by atoms with Gasteiger partial charge in [-0.2, -0.15) is 0 Å². The van der Waals surface area contributed by atoms with Gasteiger partial charge in [0.05, 0.1) is 11.9 Å². The number of aryl methyl sites for hydroxylation is 1. The van der Waals surface area contributed by atoms with Crippen LogP contribution in [0.5, 0.6) is 0 Å². The van der Waals surface area contributed by atoms with E-state index in [0.717, 1.165) is 22.2 Å². The van der Waals surface area contributed by atoms with Crippen molar-refractivity contribution < 1.29 is 9.90 Å². The number of carboxylic acids is 1. The molecular weight excluding hydrogens is 238 g/mol. The van der Waals surface area contributed by atoms with Gasteiger partial charge in [0, 0.05) is 11.1 Å². The van der Waals surface area contributed by atoms with Crippen molar-refractivity contribution in [1.82, 2.24) is 4.98 Å². The van der Waals surface area contributed by atoms with E-state index in [4.69, 9.17) is 5.11 Å². The summed E-state index contributed by atoms with van der Waals surface area (Å²) in [5, 5.41) is 9.97. The van der Waals surface area contributed by atoms with Crippen LogP contribution in [0, 0.1) is 6.92 Å². The van der Waals surface area contributed by atoms with Gasteiger partial charge in [0.2, 0.25) is 0 Å². The summed E-state index contributed by atoms with van der Waals surface area (Å²) in [6, 6.07) is 7.98. The molecule has 0 bridgehead atoms. The number of hydrogen-bond donors (Lipinski definition) is 1. The zero-order valence-electron chi connectivity index (χ0n) is 11.8. The summed E-state index contributed by atoms with van der Waals surface area (Å²) in [5.74, 6) is -0.812. The molecule has 19 heavy (non-hydrogen) atoms. The lowest BCUT2D eigenvalue weighted by molar-refractivity contribution is -0.136. The Morgan fingerprint density at radius 3 is 2.53 bits per heavy atom. The van der Waals surface area contributed by atoms with Gasteiger partial charge in [-0.25, -0.2) is 0 Å². The molecular formula is C16H19NO2. The van der Waals surface area contributed by atoms with E-state index in [9.17, 15) is 4.79 Å². The highest BCUT2D eigenvalue weighted by atomic mass is 16.4. The molecule has 0 amide bonds. The molecule has 0 unspecified atom stereocenters. The Morgan fingerprint density at radius 2 is 1.95 bits per heavy atom. The van der Waals surface area contributed by atoms with Crippen LogP contribution < -0.4 is 0 Å². The minimum Gasteiger partial charge on any atom is -0.481 e. The zero-order valence-corrected chi connectivity index (χ0v) is 11.8. The number of fused-ring (bicyclic) bond motifs is 1. The van der Waals surface area contributed by atoms with Gasteiger partial charge >= 0.3 is 5.97 Å². The van der Waals surface area contributed by atoms with Crippen LogP contribution in [0.3, 0.4) is 0 Å². The number of pyridine rings is 1. The monoisotopic (exact) mass is 257 g/mol. The maximum Gasteiger partial charge on any atom is 0.307 e. The van der Waals surface area contributed by atoms with Gasteiger partial charge in [-0.3, -0.25) is 9.78 Å². The summed E-state index contributed by atoms with van der Waals surface area (Å²) >= 11 is 0. The summed E-state index contributed by atoms with van der Waals surface area (Å²) in [7, 11) is 0. The Bertz CT molecular complexity index is 639. The van der Waals surface area contributed by atoms with Gasteiger partial charge in [0.15, 0.2) is 0 Å². The lowest BCUT2D eigenvalue weighted by atomic mass is 9.85. The van der Waals surface area contributed by atoms with Crippen LogP contribution in [0.2, 0.25) is 0 Å². The zero-order chi connectivity index (χ0) is 14.2. The van der Waals surface area contributed by atoms with Crippen LogP contribution in [-0.2, 0) is 16.6 Å². The third-order valence-corrected chi connectivity index (χ3v) is 3.23. The molecule has 0 aliphatic rings. The van der Waals surface area contributed by atoms with Crippen LogP contribution in [0.1, 0.15) is 37.6 Å². The molecule has 2 aromatic rings. The SMILES string of the molecule is Cc1cc(CC(=O)O)c2cc(C(C)(C)C)ccc2n1. The topological polar surface area (TPSA) is 50.2 Å². The van der Waals surface area contributed by atoms with E-state index < -0.39 is 5.97 Å². The van der Waals surface area contributed by atoms with Crippen LogP contribution in [0.4, 0.5) is 0 Å². The Labute approximate surface area is 113 Å². The number of benzene rings is 1. The van der Waals surface area contributed by atoms with Crippen molar-refractivity contribution in [1.29, 1.82) is 0 Å². The lowest BCUT2D eigenvalue weighted by Gasteiger charge is -2.20. The standard InChI is InChI=1S/C16H19NO2/c1-10-7-11(8-15(18)19)13-9-12(16(2,3)4)5-6-14(13)17-10/h5-7,9H,8H2,1-4H3,(H,18,19). The molecule has 0 aliphatic heterocycles. The molecule has 3 nitrogen and oxygen atoms in total. The third-order valence-electron chi connectivity index (χ3n) is 3.23. The average Bonchev–Trinajstić information content (AvgIpc) is 2.26. The largest absolute Gasteiger partial charge is 0.481 e. The molecule has 1 heterocycles. The molecule has 0 radical (unpaired) electrons. The fraction of sp³-hybridized carbons (Fsp3) is 0.375. The first-order chi connectivity index (χ1) is 8.77. The summed E-state index contributed by atoms with van der Waals surface area (Å²) in [6.07, 6.45) is 0.0352. The number of aromatic nitrogens is 1. The minimum absolute atomic E-state index is 0.0352. The van der Waals surface area contributed by atoms with E-state index in [2.05, 4.69) is 37.9 Å². The highest BCUT2D eigenvalue weighted by Crippen LogP contribution is 2.27. The number of carbonyl (C=O) groups is 1. The van der Waals surface area contributed by atoms with Gasteiger partial charge in [-0.15, -0.1) is 0 Å². The fourth-order valence-corrected chi connectivity index (χ4v) is 2.22. The molecule has 1 aromatic heterocycles. The van der Waals surface area contributed by atoms with Crippen molar-refractivity contribution in [3.63, 3.8) is 0 Å². The molecule has 3 heteroatoms. The second-order valence-electron chi connectivity index (χ2n) is 5.98. The number of aliphatic carboxylic acids is 1. The van der Waals surface area contributed by atoms with Crippen LogP contribution in [0.25, 0.3) is 10.9 Å². The van der Waals surface area contributed by atoms with E-state index >= 15 is 0 Å². The maximum atomic E-state index is 11.0. The van der Waals surface area contributed by atoms with Crippen LogP contribution in [0.15, 0.2) is 24.3 Å². The average molecular weight is 257 g/mol.